The van der Waals surface area contributed by atoms with Gasteiger partial charge in [0.1, 0.15) is 18.0 Å². The molecule has 0 saturated heterocycles. The van der Waals surface area contributed by atoms with Crippen LogP contribution in [-0.2, 0) is 4.74 Å². The molecule has 1 rings (SSSR count). The molecule has 0 unspecified atom stereocenters. The van der Waals surface area contributed by atoms with Crippen molar-refractivity contribution < 1.29 is 4.74 Å². The fourth-order valence-electron chi connectivity index (χ4n) is 1.12. The van der Waals surface area contributed by atoms with Crippen molar-refractivity contribution in [3.8, 4) is 0 Å². The Kier molecular flexibility index (Phi) is 5.42. The number of ether oxygens (including phenoxy) is 1. The van der Waals surface area contributed by atoms with Crippen LogP contribution in [0.3, 0.4) is 0 Å². The molecule has 15 heavy (non-hydrogen) atoms. The van der Waals surface area contributed by atoms with Gasteiger partial charge >= 0.3 is 0 Å². The summed E-state index contributed by atoms with van der Waals surface area (Å²) in [4.78, 5) is 7.96. The van der Waals surface area contributed by atoms with Gasteiger partial charge in [-0.05, 0) is 12.8 Å². The largest absolute Gasteiger partial charge is 0.385 e. The maximum Gasteiger partial charge on any atom is 0.145 e. The zero-order chi connectivity index (χ0) is 10.9. The first-order valence-corrected chi connectivity index (χ1v) is 4.88. The Morgan fingerprint density at radius 3 is 2.87 bits per heavy atom. The Morgan fingerprint density at radius 1 is 1.33 bits per heavy atom. The number of nitrogens with zero attached hydrogens (tertiary/aromatic N) is 2. The second-order valence-electron chi connectivity index (χ2n) is 3.06. The normalized spacial score (nSPS) is 10.0. The monoisotopic (exact) mass is 211 g/mol. The van der Waals surface area contributed by atoms with Crippen molar-refractivity contribution in [1.29, 1.82) is 0 Å². The molecule has 0 amide bonds. The molecule has 0 radical (unpaired) electrons. The lowest BCUT2D eigenvalue weighted by Gasteiger charge is -2.06. The van der Waals surface area contributed by atoms with Gasteiger partial charge in [0.15, 0.2) is 0 Å². The van der Waals surface area contributed by atoms with E-state index in [1.807, 2.05) is 0 Å². The average Bonchev–Trinajstić information content (AvgIpc) is 2.29. The molecule has 1 aromatic rings. The standard InChI is InChI=1S/C9H17N5O/c1-15-5-3-2-4-11-8-6-9(14-10)13-7-12-8/h6-7H,2-5,10H2,1H3,(H2,11,12,13,14). The summed E-state index contributed by atoms with van der Waals surface area (Å²) in [5.74, 6) is 6.60. The SMILES string of the molecule is COCCCCNc1cc(NN)ncn1. The molecule has 6 nitrogen and oxygen atoms in total. The van der Waals surface area contributed by atoms with Crippen molar-refractivity contribution in [2.75, 3.05) is 31.0 Å². The van der Waals surface area contributed by atoms with Gasteiger partial charge < -0.3 is 15.5 Å². The molecule has 0 saturated carbocycles. The second kappa shape index (κ2) is 6.97. The lowest BCUT2D eigenvalue weighted by molar-refractivity contribution is 0.194. The summed E-state index contributed by atoms with van der Waals surface area (Å²) in [6, 6.07) is 1.76. The summed E-state index contributed by atoms with van der Waals surface area (Å²) in [7, 11) is 1.71. The van der Waals surface area contributed by atoms with Crippen molar-refractivity contribution in [3.05, 3.63) is 12.4 Å². The third-order valence-electron chi connectivity index (χ3n) is 1.90. The molecular weight excluding hydrogens is 194 g/mol. The van der Waals surface area contributed by atoms with Crippen LogP contribution < -0.4 is 16.6 Å². The lowest BCUT2D eigenvalue weighted by atomic mass is 10.3. The second-order valence-corrected chi connectivity index (χ2v) is 3.06. The topological polar surface area (TPSA) is 85.1 Å². The molecule has 0 atom stereocenters. The maximum atomic E-state index is 5.23. The van der Waals surface area contributed by atoms with E-state index in [4.69, 9.17) is 10.6 Å². The number of nitrogens with one attached hydrogen (secondary N) is 2. The molecular formula is C9H17N5O. The summed E-state index contributed by atoms with van der Waals surface area (Å²) in [6.45, 7) is 1.66. The Labute approximate surface area is 89.2 Å². The molecule has 0 fully saturated rings. The first-order valence-electron chi connectivity index (χ1n) is 4.88. The summed E-state index contributed by atoms with van der Waals surface area (Å²) in [5.41, 5.74) is 2.47. The number of anilines is 2. The van der Waals surface area contributed by atoms with E-state index in [9.17, 15) is 0 Å². The highest BCUT2D eigenvalue weighted by atomic mass is 16.5. The van der Waals surface area contributed by atoms with Gasteiger partial charge in [-0.1, -0.05) is 0 Å². The number of hydrogen-bond acceptors (Lipinski definition) is 6. The van der Waals surface area contributed by atoms with E-state index in [-0.39, 0.29) is 0 Å². The summed E-state index contributed by atoms with van der Waals surface area (Å²) < 4.78 is 4.95. The molecule has 1 aromatic heterocycles. The highest BCUT2D eigenvalue weighted by Gasteiger charge is 1.95. The van der Waals surface area contributed by atoms with Crippen LogP contribution in [0.25, 0.3) is 0 Å². The fraction of sp³-hybridized carbons (Fsp3) is 0.556. The van der Waals surface area contributed by atoms with Crippen molar-refractivity contribution in [1.82, 2.24) is 9.97 Å². The zero-order valence-corrected chi connectivity index (χ0v) is 8.86. The van der Waals surface area contributed by atoms with Gasteiger partial charge in [-0.2, -0.15) is 0 Å². The predicted molar refractivity (Wildman–Crippen MR) is 59.4 cm³/mol. The minimum absolute atomic E-state index is 0.601. The summed E-state index contributed by atoms with van der Waals surface area (Å²) in [5, 5.41) is 3.18. The molecule has 0 aliphatic carbocycles. The maximum absolute atomic E-state index is 5.23. The first-order chi connectivity index (χ1) is 7.36. The van der Waals surface area contributed by atoms with E-state index >= 15 is 0 Å². The lowest BCUT2D eigenvalue weighted by Crippen LogP contribution is -2.10. The average molecular weight is 211 g/mol. The molecule has 4 N–H and O–H groups in total. The quantitative estimate of drug-likeness (QED) is 0.348. The van der Waals surface area contributed by atoms with Gasteiger partial charge in [0, 0.05) is 26.3 Å². The Balaban J connectivity index is 2.24. The van der Waals surface area contributed by atoms with Crippen LogP contribution in [0.15, 0.2) is 12.4 Å². The van der Waals surface area contributed by atoms with Crippen molar-refractivity contribution in [2.45, 2.75) is 12.8 Å². The number of rotatable bonds is 7. The Bertz CT molecular complexity index is 281. The van der Waals surface area contributed by atoms with E-state index in [0.717, 1.165) is 31.8 Å². The van der Waals surface area contributed by atoms with Crippen LogP contribution >= 0.6 is 0 Å². The molecule has 84 valence electrons. The summed E-state index contributed by atoms with van der Waals surface area (Å²) >= 11 is 0. The van der Waals surface area contributed by atoms with Crippen LogP contribution in [-0.4, -0.2) is 30.2 Å². The predicted octanol–water partition coefficient (Wildman–Crippen LogP) is 0.601. The molecule has 0 aliphatic rings. The number of methoxy groups -OCH3 is 1. The van der Waals surface area contributed by atoms with Crippen molar-refractivity contribution >= 4 is 11.6 Å². The third kappa shape index (κ3) is 4.57. The van der Waals surface area contributed by atoms with Crippen LogP contribution in [0.4, 0.5) is 11.6 Å². The van der Waals surface area contributed by atoms with Gasteiger partial charge in [-0.25, -0.2) is 15.8 Å². The van der Waals surface area contributed by atoms with Gasteiger partial charge in [-0.3, -0.25) is 0 Å². The molecule has 0 aliphatic heterocycles. The summed E-state index contributed by atoms with van der Waals surface area (Å²) in [6.07, 6.45) is 3.55. The van der Waals surface area contributed by atoms with E-state index in [1.165, 1.54) is 6.33 Å². The van der Waals surface area contributed by atoms with Gasteiger partial charge in [0.25, 0.3) is 0 Å². The number of hydrogen-bond donors (Lipinski definition) is 3. The van der Waals surface area contributed by atoms with Crippen LogP contribution in [0.1, 0.15) is 12.8 Å². The van der Waals surface area contributed by atoms with Crippen LogP contribution in [0, 0.1) is 0 Å². The van der Waals surface area contributed by atoms with Gasteiger partial charge in [-0.15, -0.1) is 0 Å². The smallest absolute Gasteiger partial charge is 0.145 e. The number of hydrazine groups is 1. The first kappa shape index (κ1) is 11.7. The molecule has 0 spiro atoms. The number of nitrogens with two attached hydrogens (primary N) is 1. The van der Waals surface area contributed by atoms with E-state index in [0.29, 0.717) is 5.82 Å². The fourth-order valence-corrected chi connectivity index (χ4v) is 1.12. The van der Waals surface area contributed by atoms with Crippen molar-refractivity contribution in [2.24, 2.45) is 5.84 Å². The zero-order valence-electron chi connectivity index (χ0n) is 8.86. The van der Waals surface area contributed by atoms with Crippen LogP contribution in [0.5, 0.6) is 0 Å². The van der Waals surface area contributed by atoms with E-state index in [2.05, 4.69) is 20.7 Å². The van der Waals surface area contributed by atoms with Gasteiger partial charge in [0.2, 0.25) is 0 Å². The van der Waals surface area contributed by atoms with Crippen LogP contribution in [0.2, 0.25) is 0 Å². The minimum atomic E-state index is 0.601. The van der Waals surface area contributed by atoms with E-state index in [1.54, 1.807) is 13.2 Å². The minimum Gasteiger partial charge on any atom is -0.385 e. The Hall–Kier alpha value is -1.40. The highest BCUT2D eigenvalue weighted by molar-refractivity contribution is 5.45. The van der Waals surface area contributed by atoms with Crippen molar-refractivity contribution in [3.63, 3.8) is 0 Å². The molecule has 0 aromatic carbocycles. The number of aromatic nitrogens is 2. The third-order valence-corrected chi connectivity index (χ3v) is 1.90. The number of nitrogen functional groups attached to an aromatic ring is 1. The molecule has 0 bridgehead atoms. The Morgan fingerprint density at radius 2 is 2.13 bits per heavy atom. The highest BCUT2D eigenvalue weighted by Crippen LogP contribution is 2.06. The number of unbranched alkanes of at least 4 members (excludes halogenated alkanes) is 1. The van der Waals surface area contributed by atoms with E-state index < -0.39 is 0 Å². The van der Waals surface area contributed by atoms with Gasteiger partial charge in [0.05, 0.1) is 0 Å². The molecule has 1 heterocycles. The molecule has 6 heteroatoms.